The fourth-order valence-electron chi connectivity index (χ4n) is 4.72. The lowest BCUT2D eigenvalue weighted by atomic mass is 9.79. The molecule has 4 nitrogen and oxygen atoms in total. The fraction of sp³-hybridized carbons (Fsp3) is 0.310. The van der Waals surface area contributed by atoms with Crippen LogP contribution >= 0.6 is 0 Å². The summed E-state index contributed by atoms with van der Waals surface area (Å²) < 4.78 is 0. The summed E-state index contributed by atoms with van der Waals surface area (Å²) in [5.74, 6) is -1.97. The first-order valence-electron chi connectivity index (χ1n) is 11.8. The molecule has 0 aliphatic rings. The second-order valence-electron chi connectivity index (χ2n) is 8.37. The highest BCUT2D eigenvalue weighted by Gasteiger charge is 2.25. The zero-order valence-electron chi connectivity index (χ0n) is 19.6. The van der Waals surface area contributed by atoms with Crippen molar-refractivity contribution in [3.05, 3.63) is 82.4 Å². The lowest BCUT2D eigenvalue weighted by molar-refractivity contribution is 0.0686. The molecule has 33 heavy (non-hydrogen) atoms. The Morgan fingerprint density at radius 1 is 0.636 bits per heavy atom. The van der Waals surface area contributed by atoms with E-state index in [4.69, 9.17) is 0 Å². The summed E-state index contributed by atoms with van der Waals surface area (Å²) in [5, 5.41) is 20.0. The number of benzene rings is 3. The predicted octanol–water partition coefficient (Wildman–Crippen LogP) is 7.27. The number of hydrogen-bond acceptors (Lipinski definition) is 2. The zero-order valence-corrected chi connectivity index (χ0v) is 19.6. The Morgan fingerprint density at radius 3 is 1.58 bits per heavy atom. The van der Waals surface area contributed by atoms with Crippen LogP contribution < -0.4 is 0 Å². The third kappa shape index (κ3) is 5.00. The summed E-state index contributed by atoms with van der Waals surface area (Å²) in [5.41, 5.74) is 6.92. The highest BCUT2D eigenvalue weighted by atomic mass is 16.4. The average molecular weight is 445 g/mol. The Morgan fingerprint density at radius 2 is 1.09 bits per heavy atom. The minimum Gasteiger partial charge on any atom is -0.478 e. The van der Waals surface area contributed by atoms with E-state index in [1.807, 2.05) is 24.3 Å². The van der Waals surface area contributed by atoms with Gasteiger partial charge in [0.05, 0.1) is 11.1 Å². The van der Waals surface area contributed by atoms with Crippen molar-refractivity contribution in [3.8, 4) is 22.3 Å². The standard InChI is InChI=1S/C29H32O4/c1-4-11-19-18-20(12-5-2)26(22-14-7-9-16-24(22)28(30)31)27(21(19)13-6-3)23-15-8-10-17-25(23)29(32)33/h7-10,14-18H,4-6,11-13H2,1-3H3,(H,30,31)(H,32,33). The molecule has 0 heterocycles. The molecule has 3 aromatic carbocycles. The van der Waals surface area contributed by atoms with Gasteiger partial charge >= 0.3 is 11.9 Å². The number of carboxylic acids is 2. The molecule has 0 aliphatic carbocycles. The lowest BCUT2D eigenvalue weighted by Gasteiger charge is -2.25. The Bertz CT molecular complexity index is 1160. The number of aromatic carboxylic acids is 2. The first-order chi connectivity index (χ1) is 15.9. The van der Waals surface area contributed by atoms with Crippen LogP contribution in [0.3, 0.4) is 0 Å². The van der Waals surface area contributed by atoms with Crippen molar-refractivity contribution in [1.29, 1.82) is 0 Å². The van der Waals surface area contributed by atoms with Crippen LogP contribution in [-0.2, 0) is 19.3 Å². The van der Waals surface area contributed by atoms with E-state index in [1.165, 1.54) is 5.56 Å². The smallest absolute Gasteiger partial charge is 0.336 e. The van der Waals surface area contributed by atoms with Crippen molar-refractivity contribution in [2.24, 2.45) is 0 Å². The predicted molar refractivity (Wildman–Crippen MR) is 133 cm³/mol. The third-order valence-electron chi connectivity index (χ3n) is 6.00. The Hall–Kier alpha value is -3.40. The van der Waals surface area contributed by atoms with E-state index in [9.17, 15) is 19.8 Å². The highest BCUT2D eigenvalue weighted by Crippen LogP contribution is 2.43. The Kier molecular flexibility index (Phi) is 8.05. The molecular formula is C29H32O4. The van der Waals surface area contributed by atoms with Crippen molar-refractivity contribution >= 4 is 11.9 Å². The summed E-state index contributed by atoms with van der Waals surface area (Å²) >= 11 is 0. The van der Waals surface area contributed by atoms with E-state index >= 15 is 0 Å². The second kappa shape index (κ2) is 11.0. The first-order valence-corrected chi connectivity index (χ1v) is 11.8. The van der Waals surface area contributed by atoms with Crippen molar-refractivity contribution < 1.29 is 19.8 Å². The van der Waals surface area contributed by atoms with Gasteiger partial charge in [-0.1, -0.05) is 82.5 Å². The van der Waals surface area contributed by atoms with Crippen LogP contribution in [0, 0.1) is 0 Å². The molecule has 0 aromatic heterocycles. The summed E-state index contributed by atoms with van der Waals surface area (Å²) in [6.45, 7) is 6.37. The minimum absolute atomic E-state index is 0.231. The number of carbonyl (C=O) groups is 2. The highest BCUT2D eigenvalue weighted by molar-refractivity contribution is 6.04. The fourth-order valence-corrected chi connectivity index (χ4v) is 4.72. The SMILES string of the molecule is CCCc1cc(CCC)c(-c2ccccc2C(=O)O)c(-c2ccccc2C(=O)O)c1CCC. The Labute approximate surface area is 195 Å². The van der Waals surface area contributed by atoms with E-state index in [2.05, 4.69) is 26.8 Å². The van der Waals surface area contributed by atoms with Gasteiger partial charge in [-0.3, -0.25) is 0 Å². The van der Waals surface area contributed by atoms with Crippen molar-refractivity contribution in [3.63, 3.8) is 0 Å². The lowest BCUT2D eigenvalue weighted by Crippen LogP contribution is -2.09. The maximum atomic E-state index is 12.2. The van der Waals surface area contributed by atoms with E-state index in [-0.39, 0.29) is 11.1 Å². The molecule has 0 aliphatic heterocycles. The van der Waals surface area contributed by atoms with Gasteiger partial charge in [0.2, 0.25) is 0 Å². The molecule has 2 N–H and O–H groups in total. The molecule has 0 unspecified atom stereocenters. The van der Waals surface area contributed by atoms with Crippen LogP contribution in [0.5, 0.6) is 0 Å². The largest absolute Gasteiger partial charge is 0.478 e. The van der Waals surface area contributed by atoms with Gasteiger partial charge in [-0.2, -0.15) is 0 Å². The number of rotatable bonds is 10. The monoisotopic (exact) mass is 444 g/mol. The molecule has 0 fully saturated rings. The van der Waals surface area contributed by atoms with Gasteiger partial charge in [0.15, 0.2) is 0 Å². The second-order valence-corrected chi connectivity index (χ2v) is 8.37. The normalized spacial score (nSPS) is 10.9. The first kappa shape index (κ1) is 24.2. The van der Waals surface area contributed by atoms with E-state index < -0.39 is 11.9 Å². The van der Waals surface area contributed by atoms with Crippen LogP contribution in [-0.4, -0.2) is 22.2 Å². The molecule has 3 aromatic rings. The maximum Gasteiger partial charge on any atom is 0.336 e. The summed E-state index contributed by atoms with van der Waals surface area (Å²) in [7, 11) is 0. The van der Waals surface area contributed by atoms with E-state index in [0.717, 1.165) is 60.8 Å². The molecule has 0 radical (unpaired) electrons. The molecule has 0 saturated heterocycles. The number of aryl methyl sites for hydroxylation is 2. The van der Waals surface area contributed by atoms with Crippen LogP contribution in [0.4, 0.5) is 0 Å². The van der Waals surface area contributed by atoms with E-state index in [0.29, 0.717) is 11.1 Å². The number of carboxylic acid groups (broad SMARTS) is 2. The van der Waals surface area contributed by atoms with Crippen LogP contribution in [0.1, 0.15) is 77.4 Å². The Balaban J connectivity index is 2.57. The molecule has 0 saturated carbocycles. The topological polar surface area (TPSA) is 74.6 Å². The molecule has 0 bridgehead atoms. The summed E-state index contributed by atoms with van der Waals surface area (Å²) in [6, 6.07) is 16.4. The van der Waals surface area contributed by atoms with Gasteiger partial charge in [-0.15, -0.1) is 0 Å². The van der Waals surface area contributed by atoms with Gasteiger partial charge < -0.3 is 10.2 Å². The molecule has 4 heteroatoms. The molecule has 172 valence electrons. The molecule has 3 rings (SSSR count). The molecule has 0 amide bonds. The quantitative estimate of drug-likeness (QED) is 0.345. The van der Waals surface area contributed by atoms with Crippen LogP contribution in [0.2, 0.25) is 0 Å². The maximum absolute atomic E-state index is 12.2. The van der Waals surface area contributed by atoms with Gasteiger partial charge in [-0.25, -0.2) is 9.59 Å². The van der Waals surface area contributed by atoms with Crippen molar-refractivity contribution in [1.82, 2.24) is 0 Å². The molecular weight excluding hydrogens is 412 g/mol. The molecule has 0 atom stereocenters. The average Bonchev–Trinajstić information content (AvgIpc) is 2.80. The third-order valence-corrected chi connectivity index (χ3v) is 6.00. The van der Waals surface area contributed by atoms with Crippen molar-refractivity contribution in [2.45, 2.75) is 59.3 Å². The van der Waals surface area contributed by atoms with Gasteiger partial charge in [0, 0.05) is 0 Å². The zero-order chi connectivity index (χ0) is 24.0. The minimum atomic E-state index is -0.986. The summed E-state index contributed by atoms with van der Waals surface area (Å²) in [6.07, 6.45) is 5.28. The van der Waals surface area contributed by atoms with Crippen molar-refractivity contribution in [2.75, 3.05) is 0 Å². The van der Waals surface area contributed by atoms with Crippen LogP contribution in [0.25, 0.3) is 22.3 Å². The van der Waals surface area contributed by atoms with E-state index in [1.54, 1.807) is 24.3 Å². The van der Waals surface area contributed by atoms with Gasteiger partial charge in [0.25, 0.3) is 0 Å². The van der Waals surface area contributed by atoms with Crippen LogP contribution in [0.15, 0.2) is 54.6 Å². The van der Waals surface area contributed by atoms with Gasteiger partial charge in [0.1, 0.15) is 0 Å². The molecule has 0 spiro atoms. The number of hydrogen-bond donors (Lipinski definition) is 2. The summed E-state index contributed by atoms with van der Waals surface area (Å²) in [4.78, 5) is 24.4. The van der Waals surface area contributed by atoms with Gasteiger partial charge in [-0.05, 0) is 70.3 Å².